The van der Waals surface area contributed by atoms with Crippen molar-refractivity contribution in [2.75, 3.05) is 33.2 Å². The highest BCUT2D eigenvalue weighted by Gasteiger charge is 2.30. The fourth-order valence-corrected chi connectivity index (χ4v) is 5.93. The predicted octanol–water partition coefficient (Wildman–Crippen LogP) is 3.08. The number of thiophene rings is 1. The highest BCUT2D eigenvalue weighted by Crippen LogP contribution is 2.33. The number of piperidine rings is 1. The largest absolute Gasteiger partial charge is 0.353 e. The predicted molar refractivity (Wildman–Crippen MR) is 113 cm³/mol. The molecule has 2 aliphatic heterocycles. The zero-order chi connectivity index (χ0) is 19.5. The summed E-state index contributed by atoms with van der Waals surface area (Å²) in [7, 11) is 2.14. The Morgan fingerprint density at radius 3 is 2.46 bits per heavy atom. The number of aryl methyl sites for hydroxylation is 1. The average Bonchev–Trinajstić information content (AvgIpc) is 2.94. The summed E-state index contributed by atoms with van der Waals surface area (Å²) in [5.41, 5.74) is 1.23. The van der Waals surface area contributed by atoms with Crippen molar-refractivity contribution in [1.82, 2.24) is 15.1 Å². The standard InChI is InChI=1S/C22H33N3O2S/c1-24-12-8-18(9-13-24)23-21(26)16-6-7-19-17(14-16)15-20(28-19)22(27)25-10-4-2-3-5-11-25/h15-16,18H,2-14H2,1H3,(H,23,26)/t16-/m0/s1. The Labute approximate surface area is 172 Å². The van der Waals surface area contributed by atoms with E-state index < -0.39 is 0 Å². The second-order valence-electron chi connectivity index (χ2n) is 8.79. The third kappa shape index (κ3) is 4.60. The molecule has 1 atom stereocenters. The van der Waals surface area contributed by atoms with Gasteiger partial charge < -0.3 is 15.1 Å². The van der Waals surface area contributed by atoms with Crippen molar-refractivity contribution in [2.45, 2.75) is 63.8 Å². The zero-order valence-corrected chi connectivity index (χ0v) is 17.9. The van der Waals surface area contributed by atoms with E-state index in [1.165, 1.54) is 23.3 Å². The lowest BCUT2D eigenvalue weighted by molar-refractivity contribution is -0.126. The lowest BCUT2D eigenvalue weighted by Crippen LogP contribution is -2.46. The summed E-state index contributed by atoms with van der Waals surface area (Å²) >= 11 is 1.67. The molecule has 6 heteroatoms. The molecule has 4 rings (SSSR count). The third-order valence-corrected chi connectivity index (χ3v) is 7.85. The zero-order valence-electron chi connectivity index (χ0n) is 17.0. The van der Waals surface area contributed by atoms with Crippen LogP contribution in [0.1, 0.15) is 65.1 Å². The van der Waals surface area contributed by atoms with Gasteiger partial charge in [0.15, 0.2) is 0 Å². The summed E-state index contributed by atoms with van der Waals surface area (Å²) in [6, 6.07) is 2.41. The number of nitrogens with zero attached hydrogens (tertiary/aromatic N) is 2. The van der Waals surface area contributed by atoms with Crippen LogP contribution in [0.2, 0.25) is 0 Å². The number of hydrogen-bond acceptors (Lipinski definition) is 4. The molecule has 1 aromatic heterocycles. The van der Waals surface area contributed by atoms with Gasteiger partial charge in [-0.3, -0.25) is 9.59 Å². The van der Waals surface area contributed by atoms with Crippen LogP contribution >= 0.6 is 11.3 Å². The minimum Gasteiger partial charge on any atom is -0.353 e. The van der Waals surface area contributed by atoms with Gasteiger partial charge in [-0.2, -0.15) is 0 Å². The van der Waals surface area contributed by atoms with Gasteiger partial charge in [-0.15, -0.1) is 11.3 Å². The first-order chi connectivity index (χ1) is 13.6. The SMILES string of the molecule is CN1CCC(NC(=O)[C@H]2CCc3sc(C(=O)N4CCCCCC4)cc3C2)CC1. The molecule has 28 heavy (non-hydrogen) atoms. The van der Waals surface area contributed by atoms with E-state index in [-0.39, 0.29) is 17.7 Å². The van der Waals surface area contributed by atoms with Crippen LogP contribution in [-0.2, 0) is 17.6 Å². The number of hydrogen-bond donors (Lipinski definition) is 1. The molecule has 1 aromatic rings. The first-order valence-corrected chi connectivity index (χ1v) is 11.8. The van der Waals surface area contributed by atoms with Gasteiger partial charge in [0, 0.05) is 29.9 Å². The molecule has 154 valence electrons. The highest BCUT2D eigenvalue weighted by atomic mass is 32.1. The van der Waals surface area contributed by atoms with Crippen LogP contribution in [0.5, 0.6) is 0 Å². The van der Waals surface area contributed by atoms with Gasteiger partial charge in [-0.25, -0.2) is 0 Å². The van der Waals surface area contributed by atoms with Crippen molar-refractivity contribution in [1.29, 1.82) is 0 Å². The maximum absolute atomic E-state index is 12.9. The van der Waals surface area contributed by atoms with Crippen molar-refractivity contribution in [2.24, 2.45) is 5.92 Å². The summed E-state index contributed by atoms with van der Waals surface area (Å²) in [5.74, 6) is 0.475. The van der Waals surface area contributed by atoms with Crippen molar-refractivity contribution in [3.8, 4) is 0 Å². The molecule has 0 spiro atoms. The molecule has 2 amide bonds. The Kier molecular flexibility index (Phi) is 6.36. The van der Waals surface area contributed by atoms with Crippen LogP contribution in [0.15, 0.2) is 6.07 Å². The number of carbonyl (C=O) groups is 2. The lowest BCUT2D eigenvalue weighted by atomic mass is 9.87. The molecule has 3 heterocycles. The van der Waals surface area contributed by atoms with E-state index in [0.29, 0.717) is 6.04 Å². The van der Waals surface area contributed by atoms with Gasteiger partial charge in [0.2, 0.25) is 5.91 Å². The van der Waals surface area contributed by atoms with Crippen molar-refractivity contribution < 1.29 is 9.59 Å². The maximum atomic E-state index is 12.9. The van der Waals surface area contributed by atoms with E-state index in [2.05, 4.69) is 23.3 Å². The minimum atomic E-state index is 0.0582. The van der Waals surface area contributed by atoms with Crippen LogP contribution in [0.25, 0.3) is 0 Å². The topological polar surface area (TPSA) is 52.7 Å². The first-order valence-electron chi connectivity index (χ1n) is 11.0. The molecule has 3 aliphatic rings. The summed E-state index contributed by atoms with van der Waals surface area (Å²) in [5, 5.41) is 3.29. The first kappa shape index (κ1) is 19.9. The van der Waals surface area contributed by atoms with Crippen molar-refractivity contribution in [3.63, 3.8) is 0 Å². The molecule has 0 saturated carbocycles. The molecule has 0 radical (unpaired) electrons. The van der Waals surface area contributed by atoms with Gasteiger partial charge in [0.25, 0.3) is 5.91 Å². The number of amides is 2. The molecule has 2 saturated heterocycles. The van der Waals surface area contributed by atoms with Gasteiger partial charge >= 0.3 is 0 Å². The molecule has 0 unspecified atom stereocenters. The summed E-state index contributed by atoms with van der Waals surface area (Å²) in [4.78, 5) is 32.3. The highest BCUT2D eigenvalue weighted by molar-refractivity contribution is 7.14. The third-order valence-electron chi connectivity index (χ3n) is 6.62. The number of likely N-dealkylation sites (tertiary alicyclic amines) is 2. The van der Waals surface area contributed by atoms with Crippen LogP contribution in [0.4, 0.5) is 0 Å². The van der Waals surface area contributed by atoms with Crippen LogP contribution in [0, 0.1) is 5.92 Å². The van der Waals surface area contributed by atoms with Crippen molar-refractivity contribution >= 4 is 23.2 Å². The Bertz CT molecular complexity index is 701. The maximum Gasteiger partial charge on any atom is 0.263 e. The van der Waals surface area contributed by atoms with Crippen molar-refractivity contribution in [3.05, 3.63) is 21.4 Å². The molecule has 0 aromatic carbocycles. The Hall–Kier alpha value is -1.40. The average molecular weight is 404 g/mol. The van der Waals surface area contributed by atoms with E-state index >= 15 is 0 Å². The van der Waals surface area contributed by atoms with Crippen LogP contribution < -0.4 is 5.32 Å². The Balaban J connectivity index is 1.36. The van der Waals surface area contributed by atoms with Crippen LogP contribution in [-0.4, -0.2) is 60.9 Å². The van der Waals surface area contributed by atoms with E-state index in [1.54, 1.807) is 11.3 Å². The molecular weight excluding hydrogens is 370 g/mol. The summed E-state index contributed by atoms with van der Waals surface area (Å²) < 4.78 is 0. The van der Waals surface area contributed by atoms with Gasteiger partial charge in [-0.05, 0) is 76.7 Å². The number of rotatable bonds is 3. The fraction of sp³-hybridized carbons (Fsp3) is 0.727. The Morgan fingerprint density at radius 2 is 1.75 bits per heavy atom. The molecule has 1 aliphatic carbocycles. The monoisotopic (exact) mass is 403 g/mol. The molecule has 1 N–H and O–H groups in total. The molecular formula is C22H33N3O2S. The van der Waals surface area contributed by atoms with Gasteiger partial charge in [0.1, 0.15) is 0 Å². The lowest BCUT2D eigenvalue weighted by Gasteiger charge is -2.31. The number of fused-ring (bicyclic) bond motifs is 1. The minimum absolute atomic E-state index is 0.0582. The normalized spacial score (nSPS) is 24.5. The van der Waals surface area contributed by atoms with Gasteiger partial charge in [-0.1, -0.05) is 12.8 Å². The molecule has 5 nitrogen and oxygen atoms in total. The van der Waals surface area contributed by atoms with Gasteiger partial charge in [0.05, 0.1) is 4.88 Å². The molecule has 2 fully saturated rings. The van der Waals surface area contributed by atoms with E-state index in [0.717, 1.165) is 76.0 Å². The second kappa shape index (κ2) is 8.95. The smallest absolute Gasteiger partial charge is 0.263 e. The van der Waals surface area contributed by atoms with E-state index in [9.17, 15) is 9.59 Å². The fourth-order valence-electron chi connectivity index (χ4n) is 4.75. The second-order valence-corrected chi connectivity index (χ2v) is 9.93. The van der Waals surface area contributed by atoms with E-state index in [4.69, 9.17) is 0 Å². The van der Waals surface area contributed by atoms with E-state index in [1.807, 2.05) is 4.90 Å². The number of nitrogens with one attached hydrogen (secondary N) is 1. The molecule has 0 bridgehead atoms. The summed E-state index contributed by atoms with van der Waals surface area (Å²) in [6.45, 7) is 3.91. The van der Waals surface area contributed by atoms with Crippen LogP contribution in [0.3, 0.4) is 0 Å². The number of carbonyl (C=O) groups excluding carboxylic acids is 2. The summed E-state index contributed by atoms with van der Waals surface area (Å²) in [6.07, 6.45) is 9.43. The quantitative estimate of drug-likeness (QED) is 0.844. The Morgan fingerprint density at radius 1 is 1.04 bits per heavy atom.